The molecule has 0 saturated heterocycles. The summed E-state index contributed by atoms with van der Waals surface area (Å²) in [7, 11) is 0.0310. The first kappa shape index (κ1) is 19.2. The van der Waals surface area contributed by atoms with E-state index in [0.717, 1.165) is 0 Å². The Morgan fingerprint density at radius 2 is 0.842 bits per heavy atom. The van der Waals surface area contributed by atoms with Crippen molar-refractivity contribution in [1.29, 1.82) is 0 Å². The van der Waals surface area contributed by atoms with Crippen molar-refractivity contribution in [1.82, 2.24) is 0 Å². The monoisotopic (exact) mass is 283 g/mol. The van der Waals surface area contributed by atoms with Crippen molar-refractivity contribution < 1.29 is 0 Å². The van der Waals surface area contributed by atoms with Crippen molar-refractivity contribution in [2.75, 3.05) is 0 Å². The third-order valence-electron chi connectivity index (χ3n) is 4.27. The van der Waals surface area contributed by atoms with Gasteiger partial charge in [-0.2, -0.15) is 0 Å². The van der Waals surface area contributed by atoms with Crippen LogP contribution in [0.15, 0.2) is 0 Å². The Bertz CT molecular complexity index is 140. The summed E-state index contributed by atoms with van der Waals surface area (Å²) < 4.78 is 0. The Labute approximate surface area is 125 Å². The first-order valence-electron chi connectivity index (χ1n) is 9.18. The standard InChI is InChI=1S/C18H39Si/c1-4-7-9-11-13-15-17-19(6-3)18-16-14-12-10-8-5-2/h4-18H2,1-3H3. The Balaban J connectivity index is 3.30. The highest BCUT2D eigenvalue weighted by Crippen LogP contribution is 2.17. The second-order valence-electron chi connectivity index (χ2n) is 6.14. The largest absolute Gasteiger partial charge is 0.0680 e. The molecule has 0 aromatic carbocycles. The summed E-state index contributed by atoms with van der Waals surface area (Å²) in [6, 6.07) is 4.71. The fourth-order valence-electron chi connectivity index (χ4n) is 2.79. The van der Waals surface area contributed by atoms with Crippen LogP contribution in [-0.4, -0.2) is 8.80 Å². The summed E-state index contributed by atoms with van der Waals surface area (Å²) in [4.78, 5) is 0. The SMILES string of the molecule is CCCCCCCC[Si](CC)CCCCCCCC. The van der Waals surface area contributed by atoms with Crippen LogP contribution in [0, 0.1) is 0 Å². The predicted molar refractivity (Wildman–Crippen MR) is 92.6 cm³/mol. The Hall–Kier alpha value is 0.217. The molecule has 0 amide bonds. The molecule has 115 valence electrons. The molecule has 0 aromatic heterocycles. The van der Waals surface area contributed by atoms with E-state index in [1.54, 1.807) is 12.1 Å². The van der Waals surface area contributed by atoms with Gasteiger partial charge in [-0.1, -0.05) is 116 Å². The van der Waals surface area contributed by atoms with E-state index < -0.39 is 0 Å². The van der Waals surface area contributed by atoms with Crippen LogP contribution in [0.1, 0.15) is 97.8 Å². The summed E-state index contributed by atoms with van der Waals surface area (Å²) in [5.74, 6) is 0. The van der Waals surface area contributed by atoms with Crippen LogP contribution in [0.2, 0.25) is 18.1 Å². The summed E-state index contributed by atoms with van der Waals surface area (Å²) in [6.07, 6.45) is 17.6. The number of unbranched alkanes of at least 4 members (excludes halogenated alkanes) is 10. The van der Waals surface area contributed by atoms with Crippen LogP contribution in [0.3, 0.4) is 0 Å². The summed E-state index contributed by atoms with van der Waals surface area (Å²) in [5, 5.41) is 0. The summed E-state index contributed by atoms with van der Waals surface area (Å²) in [5.41, 5.74) is 0. The quantitative estimate of drug-likeness (QED) is 0.220. The van der Waals surface area contributed by atoms with Crippen molar-refractivity contribution in [3.8, 4) is 0 Å². The smallest absolute Gasteiger partial charge is 0.0476 e. The van der Waals surface area contributed by atoms with E-state index in [4.69, 9.17) is 0 Å². The van der Waals surface area contributed by atoms with Crippen LogP contribution in [0.25, 0.3) is 0 Å². The molecule has 1 heteroatoms. The molecule has 0 aliphatic carbocycles. The molecule has 19 heavy (non-hydrogen) atoms. The van der Waals surface area contributed by atoms with Gasteiger partial charge in [0.05, 0.1) is 0 Å². The van der Waals surface area contributed by atoms with E-state index in [1.807, 2.05) is 0 Å². The van der Waals surface area contributed by atoms with Gasteiger partial charge in [-0.15, -0.1) is 0 Å². The van der Waals surface area contributed by atoms with E-state index in [-0.39, 0.29) is 8.80 Å². The lowest BCUT2D eigenvalue weighted by molar-refractivity contribution is 0.616. The highest BCUT2D eigenvalue weighted by atomic mass is 28.3. The Kier molecular flexibility index (Phi) is 16.5. The topological polar surface area (TPSA) is 0 Å². The molecule has 0 atom stereocenters. The van der Waals surface area contributed by atoms with Crippen molar-refractivity contribution in [2.45, 2.75) is 116 Å². The average molecular weight is 284 g/mol. The van der Waals surface area contributed by atoms with Gasteiger partial charge in [0.25, 0.3) is 0 Å². The Morgan fingerprint density at radius 1 is 0.474 bits per heavy atom. The van der Waals surface area contributed by atoms with Gasteiger partial charge in [-0.25, -0.2) is 0 Å². The lowest BCUT2D eigenvalue weighted by Gasteiger charge is -2.12. The normalized spacial score (nSPS) is 11.4. The molecule has 0 saturated carbocycles. The van der Waals surface area contributed by atoms with Crippen LogP contribution in [0.5, 0.6) is 0 Å². The van der Waals surface area contributed by atoms with Crippen molar-refractivity contribution in [2.24, 2.45) is 0 Å². The molecule has 0 fully saturated rings. The van der Waals surface area contributed by atoms with Gasteiger partial charge in [-0.3, -0.25) is 0 Å². The summed E-state index contributed by atoms with van der Waals surface area (Å²) in [6.45, 7) is 7.04. The van der Waals surface area contributed by atoms with Gasteiger partial charge in [0.1, 0.15) is 0 Å². The maximum atomic E-state index is 2.43. The molecular weight excluding hydrogens is 244 g/mol. The van der Waals surface area contributed by atoms with E-state index in [9.17, 15) is 0 Å². The third kappa shape index (κ3) is 14.4. The lowest BCUT2D eigenvalue weighted by atomic mass is 10.1. The number of hydrogen-bond donors (Lipinski definition) is 0. The first-order chi connectivity index (χ1) is 9.35. The molecule has 0 bridgehead atoms. The van der Waals surface area contributed by atoms with Gasteiger partial charge in [0, 0.05) is 8.80 Å². The van der Waals surface area contributed by atoms with E-state index in [2.05, 4.69) is 20.8 Å². The molecule has 0 nitrogen and oxygen atoms in total. The van der Waals surface area contributed by atoms with Crippen molar-refractivity contribution in [3.05, 3.63) is 0 Å². The molecule has 0 N–H and O–H groups in total. The number of hydrogen-bond acceptors (Lipinski definition) is 0. The average Bonchev–Trinajstić information content (AvgIpc) is 2.44. The molecule has 1 radical (unpaired) electrons. The second-order valence-corrected chi connectivity index (χ2v) is 9.35. The van der Waals surface area contributed by atoms with E-state index in [0.29, 0.717) is 0 Å². The second kappa shape index (κ2) is 16.3. The molecular formula is C18H39Si. The molecule has 0 aliphatic rings. The van der Waals surface area contributed by atoms with Crippen LogP contribution in [-0.2, 0) is 0 Å². The first-order valence-corrected chi connectivity index (χ1v) is 11.3. The zero-order chi connectivity index (χ0) is 14.2. The minimum atomic E-state index is 0.0310. The molecule has 0 aromatic rings. The van der Waals surface area contributed by atoms with Gasteiger partial charge < -0.3 is 0 Å². The molecule has 0 heterocycles. The van der Waals surface area contributed by atoms with Gasteiger partial charge in [0.2, 0.25) is 0 Å². The highest BCUT2D eigenvalue weighted by Gasteiger charge is 2.07. The maximum Gasteiger partial charge on any atom is 0.0476 e. The predicted octanol–water partition coefficient (Wildman–Crippen LogP) is 7.22. The van der Waals surface area contributed by atoms with Crippen molar-refractivity contribution in [3.63, 3.8) is 0 Å². The maximum absolute atomic E-state index is 2.43. The van der Waals surface area contributed by atoms with Crippen LogP contribution in [0.4, 0.5) is 0 Å². The van der Waals surface area contributed by atoms with E-state index in [1.165, 1.54) is 83.1 Å². The fourth-order valence-corrected chi connectivity index (χ4v) is 5.25. The zero-order valence-electron chi connectivity index (χ0n) is 14.1. The molecule has 0 rings (SSSR count). The van der Waals surface area contributed by atoms with Gasteiger partial charge in [0.15, 0.2) is 0 Å². The number of rotatable bonds is 15. The third-order valence-corrected chi connectivity index (χ3v) is 7.39. The minimum Gasteiger partial charge on any atom is -0.0680 e. The van der Waals surface area contributed by atoms with Crippen LogP contribution >= 0.6 is 0 Å². The summed E-state index contributed by atoms with van der Waals surface area (Å²) >= 11 is 0. The zero-order valence-corrected chi connectivity index (χ0v) is 15.1. The molecule has 0 spiro atoms. The van der Waals surface area contributed by atoms with Crippen LogP contribution < -0.4 is 0 Å². The minimum absolute atomic E-state index is 0.0310. The van der Waals surface area contributed by atoms with E-state index >= 15 is 0 Å². The van der Waals surface area contributed by atoms with Crippen molar-refractivity contribution >= 4 is 8.80 Å². The van der Waals surface area contributed by atoms with Gasteiger partial charge in [-0.05, 0) is 0 Å². The molecule has 0 aliphatic heterocycles. The van der Waals surface area contributed by atoms with Gasteiger partial charge >= 0.3 is 0 Å². The highest BCUT2D eigenvalue weighted by molar-refractivity contribution is 6.58. The Morgan fingerprint density at radius 3 is 1.21 bits per heavy atom. The molecule has 0 unspecified atom stereocenters. The fraction of sp³-hybridized carbons (Fsp3) is 1.00. The lowest BCUT2D eigenvalue weighted by Crippen LogP contribution is -2.10.